The van der Waals surface area contributed by atoms with Crippen LogP contribution in [0.3, 0.4) is 0 Å². The Balaban J connectivity index is 1.53. The van der Waals surface area contributed by atoms with Crippen LogP contribution in [-0.4, -0.2) is 47.0 Å². The fourth-order valence-electron chi connectivity index (χ4n) is 4.21. The van der Waals surface area contributed by atoms with Gasteiger partial charge in [-0.2, -0.15) is 0 Å². The number of carbonyl (C=O) groups excluding carboxylic acids is 1. The molecule has 0 saturated carbocycles. The molecule has 0 atom stereocenters. The quantitative estimate of drug-likeness (QED) is 0.533. The molecule has 35 heavy (non-hydrogen) atoms. The first-order chi connectivity index (χ1) is 17.2. The van der Waals surface area contributed by atoms with Crippen LogP contribution in [0.1, 0.15) is 49.4 Å². The Morgan fingerprint density at radius 2 is 1.89 bits per heavy atom. The van der Waals surface area contributed by atoms with Gasteiger partial charge < -0.3 is 15.4 Å². The third-order valence-corrected chi connectivity index (χ3v) is 6.16. The van der Waals surface area contributed by atoms with Crippen LogP contribution in [0.25, 0.3) is 0 Å². The van der Waals surface area contributed by atoms with Crippen molar-refractivity contribution >= 4 is 17.4 Å². The molecular formula is C28H35N5O2. The van der Waals surface area contributed by atoms with Gasteiger partial charge in [0.05, 0.1) is 18.0 Å². The molecule has 1 amide bonds. The molecule has 0 fully saturated rings. The predicted octanol–water partition coefficient (Wildman–Crippen LogP) is 4.70. The SMILES string of the molecule is CCN1CCC(=O)NCCCCCOc2ccccc2Nc2cc(ncn2)Cc2cccc(c2)C1. The molecule has 1 aliphatic heterocycles. The summed E-state index contributed by atoms with van der Waals surface area (Å²) in [4.78, 5) is 23.5. The predicted molar refractivity (Wildman–Crippen MR) is 139 cm³/mol. The number of hydrogen-bond acceptors (Lipinski definition) is 6. The van der Waals surface area contributed by atoms with E-state index in [2.05, 4.69) is 56.7 Å². The summed E-state index contributed by atoms with van der Waals surface area (Å²) in [5, 5.41) is 6.45. The molecule has 0 unspecified atom stereocenters. The van der Waals surface area contributed by atoms with Gasteiger partial charge in [-0.05, 0) is 49.1 Å². The number of nitrogens with zero attached hydrogens (tertiary/aromatic N) is 3. The van der Waals surface area contributed by atoms with Crippen molar-refractivity contribution in [1.82, 2.24) is 20.2 Å². The van der Waals surface area contributed by atoms with E-state index in [4.69, 9.17) is 4.74 Å². The molecule has 1 aromatic heterocycles. The summed E-state index contributed by atoms with van der Waals surface area (Å²) in [7, 11) is 0. The summed E-state index contributed by atoms with van der Waals surface area (Å²) in [5.41, 5.74) is 4.27. The first kappa shape index (κ1) is 24.7. The average Bonchev–Trinajstić information content (AvgIpc) is 2.87. The summed E-state index contributed by atoms with van der Waals surface area (Å²) < 4.78 is 6.05. The first-order valence-corrected chi connectivity index (χ1v) is 12.6. The van der Waals surface area contributed by atoms with E-state index in [1.165, 1.54) is 11.1 Å². The van der Waals surface area contributed by atoms with Crippen molar-refractivity contribution in [3.05, 3.63) is 77.7 Å². The van der Waals surface area contributed by atoms with E-state index in [1.807, 2.05) is 30.3 Å². The molecule has 2 N–H and O–H groups in total. The number of carbonyl (C=O) groups is 1. The van der Waals surface area contributed by atoms with Crippen LogP contribution in [0.15, 0.2) is 60.9 Å². The van der Waals surface area contributed by atoms with Crippen molar-refractivity contribution in [2.24, 2.45) is 0 Å². The van der Waals surface area contributed by atoms with E-state index >= 15 is 0 Å². The number of anilines is 2. The van der Waals surface area contributed by atoms with Gasteiger partial charge in [0, 0.05) is 38.5 Å². The topological polar surface area (TPSA) is 79.4 Å². The highest BCUT2D eigenvalue weighted by molar-refractivity contribution is 5.76. The molecule has 0 radical (unpaired) electrons. The van der Waals surface area contributed by atoms with Crippen molar-refractivity contribution in [1.29, 1.82) is 0 Å². The van der Waals surface area contributed by atoms with Crippen molar-refractivity contribution < 1.29 is 9.53 Å². The Labute approximate surface area is 207 Å². The number of nitrogens with one attached hydrogen (secondary N) is 2. The minimum Gasteiger partial charge on any atom is -0.491 e. The zero-order valence-corrected chi connectivity index (χ0v) is 20.5. The molecule has 0 aliphatic carbocycles. The van der Waals surface area contributed by atoms with Crippen LogP contribution < -0.4 is 15.4 Å². The highest BCUT2D eigenvalue weighted by atomic mass is 16.5. The molecule has 0 saturated heterocycles. The minimum atomic E-state index is 0.121. The zero-order valence-electron chi connectivity index (χ0n) is 20.5. The number of ether oxygens (including phenoxy) is 1. The molecule has 3 aromatic rings. The Morgan fingerprint density at radius 1 is 1.00 bits per heavy atom. The van der Waals surface area contributed by atoms with Crippen molar-refractivity contribution in [3.8, 4) is 5.75 Å². The van der Waals surface area contributed by atoms with Gasteiger partial charge >= 0.3 is 0 Å². The second-order valence-corrected chi connectivity index (χ2v) is 8.89. The molecule has 2 heterocycles. The molecule has 1 aliphatic rings. The lowest BCUT2D eigenvalue weighted by Crippen LogP contribution is -2.31. The van der Waals surface area contributed by atoms with E-state index in [-0.39, 0.29) is 5.91 Å². The van der Waals surface area contributed by atoms with E-state index < -0.39 is 0 Å². The van der Waals surface area contributed by atoms with Gasteiger partial charge in [0.25, 0.3) is 0 Å². The van der Waals surface area contributed by atoms with Crippen LogP contribution in [0.4, 0.5) is 11.5 Å². The molecule has 4 bridgehead atoms. The van der Waals surface area contributed by atoms with Crippen LogP contribution in [-0.2, 0) is 17.8 Å². The first-order valence-electron chi connectivity index (χ1n) is 12.6. The highest BCUT2D eigenvalue weighted by Crippen LogP contribution is 2.27. The molecule has 2 aromatic carbocycles. The number of rotatable bonds is 1. The van der Waals surface area contributed by atoms with Gasteiger partial charge in [-0.25, -0.2) is 9.97 Å². The largest absolute Gasteiger partial charge is 0.491 e. The van der Waals surface area contributed by atoms with Gasteiger partial charge in [-0.3, -0.25) is 9.69 Å². The number of hydrogen-bond donors (Lipinski definition) is 2. The smallest absolute Gasteiger partial charge is 0.221 e. The minimum absolute atomic E-state index is 0.121. The number of amides is 1. The number of aromatic nitrogens is 2. The van der Waals surface area contributed by atoms with Crippen LogP contribution in [0.5, 0.6) is 5.75 Å². The third kappa shape index (κ3) is 7.79. The number of benzene rings is 2. The third-order valence-electron chi connectivity index (χ3n) is 6.16. The van der Waals surface area contributed by atoms with E-state index in [0.717, 1.165) is 68.3 Å². The maximum atomic E-state index is 12.3. The van der Waals surface area contributed by atoms with Gasteiger partial charge in [0.2, 0.25) is 5.91 Å². The fraction of sp³-hybridized carbons (Fsp3) is 0.393. The summed E-state index contributed by atoms with van der Waals surface area (Å²) in [6.45, 7) is 5.96. The number of para-hydroxylation sites is 2. The number of fused-ring (bicyclic) bond motifs is 5. The normalized spacial score (nSPS) is 16.4. The van der Waals surface area contributed by atoms with Gasteiger partial charge in [0.1, 0.15) is 17.9 Å². The molecule has 184 valence electrons. The monoisotopic (exact) mass is 473 g/mol. The maximum absolute atomic E-state index is 12.3. The molecule has 7 heteroatoms. The molecular weight excluding hydrogens is 438 g/mol. The lowest BCUT2D eigenvalue weighted by Gasteiger charge is -2.20. The lowest BCUT2D eigenvalue weighted by atomic mass is 10.1. The fourth-order valence-corrected chi connectivity index (χ4v) is 4.21. The van der Waals surface area contributed by atoms with E-state index in [0.29, 0.717) is 19.6 Å². The van der Waals surface area contributed by atoms with Crippen molar-refractivity contribution in [2.75, 3.05) is 31.6 Å². The van der Waals surface area contributed by atoms with Gasteiger partial charge in [-0.15, -0.1) is 0 Å². The van der Waals surface area contributed by atoms with Crippen LogP contribution >= 0.6 is 0 Å². The Hall–Kier alpha value is -3.45. The Bertz CT molecular complexity index is 1100. The second-order valence-electron chi connectivity index (χ2n) is 8.89. The zero-order chi connectivity index (χ0) is 24.3. The van der Waals surface area contributed by atoms with Crippen molar-refractivity contribution in [2.45, 2.75) is 45.6 Å². The standard InChI is InChI=1S/C28H35N5O2/c1-2-33-15-13-28(34)29-14-6-3-7-16-35-26-12-5-4-11-25(26)32-27-19-24(30-21-31-27)18-22-9-8-10-23(17-22)20-33/h4-5,8-12,17,19,21H,2-3,6-7,13-16,18,20H2,1H3,(H,29,34)(H,30,31,32). The van der Waals surface area contributed by atoms with E-state index in [9.17, 15) is 4.79 Å². The summed E-state index contributed by atoms with van der Waals surface area (Å²) in [6.07, 6.45) is 5.73. The lowest BCUT2D eigenvalue weighted by molar-refractivity contribution is -0.121. The highest BCUT2D eigenvalue weighted by Gasteiger charge is 2.10. The van der Waals surface area contributed by atoms with Crippen molar-refractivity contribution in [3.63, 3.8) is 0 Å². The summed E-state index contributed by atoms with van der Waals surface area (Å²) in [6, 6.07) is 18.5. The summed E-state index contributed by atoms with van der Waals surface area (Å²) in [5.74, 6) is 1.67. The average molecular weight is 474 g/mol. The molecule has 0 spiro atoms. The summed E-state index contributed by atoms with van der Waals surface area (Å²) >= 11 is 0. The van der Waals surface area contributed by atoms with Gasteiger partial charge in [0.15, 0.2) is 0 Å². The van der Waals surface area contributed by atoms with Crippen LogP contribution in [0.2, 0.25) is 0 Å². The van der Waals surface area contributed by atoms with Crippen LogP contribution in [0, 0.1) is 0 Å². The molecule has 7 nitrogen and oxygen atoms in total. The molecule has 4 rings (SSSR count). The Kier molecular flexibility index (Phi) is 9.06. The van der Waals surface area contributed by atoms with E-state index in [1.54, 1.807) is 6.33 Å². The van der Waals surface area contributed by atoms with Gasteiger partial charge in [-0.1, -0.05) is 43.3 Å². The Morgan fingerprint density at radius 3 is 2.80 bits per heavy atom. The second kappa shape index (κ2) is 12.9. The maximum Gasteiger partial charge on any atom is 0.221 e.